The fourth-order valence-electron chi connectivity index (χ4n) is 3.83. The van der Waals surface area contributed by atoms with Crippen molar-refractivity contribution in [3.63, 3.8) is 0 Å². The van der Waals surface area contributed by atoms with Crippen molar-refractivity contribution in [2.24, 2.45) is 0 Å². The summed E-state index contributed by atoms with van der Waals surface area (Å²) in [6, 6.07) is 2.80. The van der Waals surface area contributed by atoms with Gasteiger partial charge in [-0.3, -0.25) is 4.98 Å². The van der Waals surface area contributed by atoms with Crippen LogP contribution in [0.4, 0.5) is 24.8 Å². The molecule has 0 aromatic carbocycles. The summed E-state index contributed by atoms with van der Waals surface area (Å²) in [7, 11) is 0. The Balaban J connectivity index is 1.49. The molecule has 0 spiro atoms. The normalized spacial score (nSPS) is 16.5. The van der Waals surface area contributed by atoms with Crippen LogP contribution < -0.4 is 10.6 Å². The predicted octanol–water partition coefficient (Wildman–Crippen LogP) is 5.03. The minimum atomic E-state index is -4.55. The smallest absolute Gasteiger partial charge is 0.381 e. The van der Waals surface area contributed by atoms with E-state index >= 15 is 0 Å². The highest BCUT2D eigenvalue weighted by molar-refractivity contribution is 7.99. The number of alkyl halides is 3. The van der Waals surface area contributed by atoms with Crippen LogP contribution in [0.2, 0.25) is 0 Å². The first-order chi connectivity index (χ1) is 14.8. The largest absolute Gasteiger partial charge is 0.434 e. The maximum absolute atomic E-state index is 13.2. The number of aromatic nitrogens is 4. The van der Waals surface area contributed by atoms with Gasteiger partial charge < -0.3 is 10.6 Å². The molecule has 1 aliphatic heterocycles. The standard InChI is InChI=1S/C20H21F3N6S2/c1-2-19(14-11-30-12-27-14)5-8-29(9-6-19)15-10-26-18(17(24)28-15)31-13-4-3-7-25-16(13)20(21,22)23/h3-4,7,10-12H,2,5-6,8-9H2,1H3,(H2,24,28). The highest BCUT2D eigenvalue weighted by Crippen LogP contribution is 2.41. The summed E-state index contributed by atoms with van der Waals surface area (Å²) in [4.78, 5) is 18.8. The summed E-state index contributed by atoms with van der Waals surface area (Å²) in [6.45, 7) is 3.76. The van der Waals surface area contributed by atoms with E-state index in [0.29, 0.717) is 5.82 Å². The van der Waals surface area contributed by atoms with Crippen molar-refractivity contribution in [2.45, 2.75) is 47.7 Å². The predicted molar refractivity (Wildman–Crippen MR) is 115 cm³/mol. The number of nitrogens with zero attached hydrogens (tertiary/aromatic N) is 5. The fourth-order valence-corrected chi connectivity index (χ4v) is 5.38. The SMILES string of the molecule is CCC1(c2cscn2)CCN(c2cnc(Sc3cccnc3C(F)(F)F)c(N)n2)CC1. The molecule has 11 heteroatoms. The Bertz CT molecular complexity index is 1030. The van der Waals surface area contributed by atoms with E-state index in [1.807, 2.05) is 5.51 Å². The minimum absolute atomic E-state index is 0.0577. The number of nitrogen functional groups attached to an aromatic ring is 1. The average Bonchev–Trinajstić information content (AvgIpc) is 3.30. The van der Waals surface area contributed by atoms with Crippen LogP contribution in [-0.2, 0) is 11.6 Å². The first-order valence-electron chi connectivity index (χ1n) is 9.78. The lowest BCUT2D eigenvalue weighted by Crippen LogP contribution is -2.43. The van der Waals surface area contributed by atoms with Crippen molar-refractivity contribution in [3.05, 3.63) is 46.8 Å². The van der Waals surface area contributed by atoms with Crippen LogP contribution in [0, 0.1) is 0 Å². The third kappa shape index (κ3) is 4.47. The molecule has 0 bridgehead atoms. The summed E-state index contributed by atoms with van der Waals surface area (Å²) in [5, 5.41) is 2.35. The number of piperidine rings is 1. The summed E-state index contributed by atoms with van der Waals surface area (Å²) in [6.07, 6.45) is 1.03. The molecule has 4 heterocycles. The molecule has 0 aliphatic carbocycles. The van der Waals surface area contributed by atoms with Gasteiger partial charge in [0.05, 0.1) is 17.4 Å². The van der Waals surface area contributed by atoms with Gasteiger partial charge in [-0.25, -0.2) is 15.0 Å². The van der Waals surface area contributed by atoms with Crippen LogP contribution in [0.1, 0.15) is 37.6 Å². The van der Waals surface area contributed by atoms with Gasteiger partial charge in [-0.2, -0.15) is 13.2 Å². The van der Waals surface area contributed by atoms with E-state index in [1.54, 1.807) is 17.5 Å². The Morgan fingerprint density at radius 1 is 1.23 bits per heavy atom. The van der Waals surface area contributed by atoms with Crippen LogP contribution in [0.5, 0.6) is 0 Å². The first-order valence-corrected chi connectivity index (χ1v) is 11.5. The Hall–Kier alpha value is -2.40. The maximum atomic E-state index is 13.2. The van der Waals surface area contributed by atoms with Gasteiger partial charge in [0.15, 0.2) is 11.5 Å². The van der Waals surface area contributed by atoms with Gasteiger partial charge >= 0.3 is 6.18 Å². The molecule has 2 N–H and O–H groups in total. The number of rotatable bonds is 5. The molecule has 3 aromatic rings. The Morgan fingerprint density at radius 2 is 2.00 bits per heavy atom. The van der Waals surface area contributed by atoms with E-state index in [4.69, 9.17) is 5.73 Å². The zero-order chi connectivity index (χ0) is 22.1. The van der Waals surface area contributed by atoms with Crippen LogP contribution in [0.15, 0.2) is 45.3 Å². The van der Waals surface area contributed by atoms with Crippen molar-refractivity contribution in [1.82, 2.24) is 19.9 Å². The van der Waals surface area contributed by atoms with Crippen LogP contribution in [0.25, 0.3) is 0 Å². The van der Waals surface area contributed by atoms with E-state index in [0.717, 1.165) is 56.0 Å². The third-order valence-electron chi connectivity index (χ3n) is 5.69. The van der Waals surface area contributed by atoms with Gasteiger partial charge in [-0.05, 0) is 31.4 Å². The fraction of sp³-hybridized carbons (Fsp3) is 0.400. The van der Waals surface area contributed by atoms with E-state index in [1.165, 1.54) is 12.1 Å². The molecule has 0 unspecified atom stereocenters. The van der Waals surface area contributed by atoms with Gasteiger partial charge in [0.2, 0.25) is 0 Å². The quantitative estimate of drug-likeness (QED) is 0.565. The number of anilines is 2. The zero-order valence-corrected chi connectivity index (χ0v) is 18.4. The molecule has 164 valence electrons. The van der Waals surface area contributed by atoms with Crippen molar-refractivity contribution in [2.75, 3.05) is 23.7 Å². The molecular formula is C20H21F3N6S2. The highest BCUT2D eigenvalue weighted by atomic mass is 32.2. The second kappa shape index (κ2) is 8.62. The zero-order valence-electron chi connectivity index (χ0n) is 16.8. The Kier molecular flexibility index (Phi) is 6.07. The molecule has 0 atom stereocenters. The Labute approximate surface area is 186 Å². The molecule has 1 saturated heterocycles. The second-order valence-corrected chi connectivity index (χ2v) is 9.11. The van der Waals surface area contributed by atoms with Crippen LogP contribution in [-0.4, -0.2) is 33.0 Å². The van der Waals surface area contributed by atoms with Crippen molar-refractivity contribution in [1.29, 1.82) is 0 Å². The molecule has 1 aliphatic rings. The topological polar surface area (TPSA) is 80.8 Å². The number of nitrogens with two attached hydrogens (primary N) is 1. The van der Waals surface area contributed by atoms with Gasteiger partial charge in [0.25, 0.3) is 0 Å². The lowest BCUT2D eigenvalue weighted by Gasteiger charge is -2.41. The molecule has 1 fully saturated rings. The van der Waals surface area contributed by atoms with Gasteiger partial charge in [-0.1, -0.05) is 18.7 Å². The van der Waals surface area contributed by atoms with Gasteiger partial charge in [-0.15, -0.1) is 11.3 Å². The van der Waals surface area contributed by atoms with Gasteiger partial charge in [0, 0.05) is 35.0 Å². The lowest BCUT2D eigenvalue weighted by atomic mass is 9.74. The molecular weight excluding hydrogens is 445 g/mol. The van der Waals surface area contributed by atoms with Gasteiger partial charge in [0.1, 0.15) is 10.8 Å². The minimum Gasteiger partial charge on any atom is -0.381 e. The maximum Gasteiger partial charge on any atom is 0.434 e. The highest BCUT2D eigenvalue weighted by Gasteiger charge is 2.37. The van der Waals surface area contributed by atoms with E-state index in [2.05, 4.69) is 37.1 Å². The second-order valence-electron chi connectivity index (χ2n) is 7.36. The van der Waals surface area contributed by atoms with Crippen LogP contribution in [0.3, 0.4) is 0 Å². The molecule has 0 saturated carbocycles. The molecule has 3 aromatic heterocycles. The number of pyridine rings is 1. The van der Waals surface area contributed by atoms with Crippen molar-refractivity contribution in [3.8, 4) is 0 Å². The van der Waals surface area contributed by atoms with Crippen molar-refractivity contribution >= 4 is 34.7 Å². The number of halogens is 3. The summed E-state index contributed by atoms with van der Waals surface area (Å²) in [5.41, 5.74) is 8.19. The average molecular weight is 467 g/mol. The van der Waals surface area contributed by atoms with Crippen LogP contribution >= 0.6 is 23.1 Å². The van der Waals surface area contributed by atoms with E-state index < -0.39 is 11.9 Å². The number of thiazole rings is 1. The molecule has 0 radical (unpaired) electrons. The monoisotopic (exact) mass is 466 g/mol. The molecule has 31 heavy (non-hydrogen) atoms. The van der Waals surface area contributed by atoms with E-state index in [-0.39, 0.29) is 21.2 Å². The molecule has 0 amide bonds. The van der Waals surface area contributed by atoms with Crippen molar-refractivity contribution < 1.29 is 13.2 Å². The summed E-state index contributed by atoms with van der Waals surface area (Å²) in [5.74, 6) is 0.735. The molecule has 4 rings (SSSR count). The third-order valence-corrected chi connectivity index (χ3v) is 7.34. The molecule has 6 nitrogen and oxygen atoms in total. The Morgan fingerprint density at radius 3 is 2.61 bits per heavy atom. The summed E-state index contributed by atoms with van der Waals surface area (Å²) >= 11 is 2.43. The number of hydrogen-bond donors (Lipinski definition) is 1. The number of hydrogen-bond acceptors (Lipinski definition) is 8. The van der Waals surface area contributed by atoms with E-state index in [9.17, 15) is 13.2 Å². The summed E-state index contributed by atoms with van der Waals surface area (Å²) < 4.78 is 39.6. The first kappa shape index (κ1) is 21.8. The lowest BCUT2D eigenvalue weighted by molar-refractivity contribution is -0.143.